The Labute approximate surface area is 251 Å². The maximum Gasteiger partial charge on any atom is 0.0722 e. The van der Waals surface area contributed by atoms with Gasteiger partial charge in [-0.1, -0.05) is 115 Å². The third kappa shape index (κ3) is 4.19. The summed E-state index contributed by atoms with van der Waals surface area (Å²) in [5, 5.41) is 7.41. The number of aromatic nitrogens is 2. The minimum Gasteiger partial charge on any atom is -0.265 e. The van der Waals surface area contributed by atoms with E-state index in [9.17, 15) is 0 Å². The molecule has 43 heavy (non-hydrogen) atoms. The number of hydrogen-bond donors (Lipinski definition) is 0. The SMILES string of the molecule is Cc1ccc(-c2c3ccccc3c(-c3cccc(-c4ccncc4)n3)c3ccccc23)c2cccc(-c3ccccc3)c12. The van der Waals surface area contributed by atoms with Crippen LogP contribution in [0.1, 0.15) is 5.56 Å². The van der Waals surface area contributed by atoms with E-state index >= 15 is 0 Å². The number of aryl methyl sites for hydroxylation is 1. The quantitative estimate of drug-likeness (QED) is 0.204. The van der Waals surface area contributed by atoms with Gasteiger partial charge in [-0.25, -0.2) is 4.98 Å². The van der Waals surface area contributed by atoms with E-state index in [1.54, 1.807) is 0 Å². The first-order valence-electron chi connectivity index (χ1n) is 14.7. The highest BCUT2D eigenvalue weighted by Gasteiger charge is 2.20. The van der Waals surface area contributed by atoms with Crippen LogP contribution in [0.25, 0.3) is 77.1 Å². The van der Waals surface area contributed by atoms with E-state index in [2.05, 4.69) is 139 Å². The fourth-order valence-corrected chi connectivity index (χ4v) is 6.61. The molecule has 2 aromatic heterocycles. The van der Waals surface area contributed by atoms with Crippen molar-refractivity contribution in [2.75, 3.05) is 0 Å². The molecule has 0 saturated heterocycles. The van der Waals surface area contributed by atoms with Crippen LogP contribution in [0.4, 0.5) is 0 Å². The first kappa shape index (κ1) is 25.1. The van der Waals surface area contributed by atoms with Gasteiger partial charge in [-0.2, -0.15) is 0 Å². The zero-order chi connectivity index (χ0) is 28.8. The molecular weight excluding hydrogens is 520 g/mol. The highest BCUT2D eigenvalue weighted by molar-refractivity contribution is 6.24. The minimum absolute atomic E-state index is 0.940. The smallest absolute Gasteiger partial charge is 0.0722 e. The first-order valence-corrected chi connectivity index (χ1v) is 14.7. The second kappa shape index (κ2) is 10.3. The lowest BCUT2D eigenvalue weighted by Crippen LogP contribution is -1.95. The van der Waals surface area contributed by atoms with Gasteiger partial charge < -0.3 is 0 Å². The molecule has 6 aromatic carbocycles. The number of nitrogens with zero attached hydrogens (tertiary/aromatic N) is 2. The van der Waals surface area contributed by atoms with Crippen molar-refractivity contribution >= 4 is 32.3 Å². The van der Waals surface area contributed by atoms with Gasteiger partial charge in [0.1, 0.15) is 0 Å². The van der Waals surface area contributed by atoms with Crippen LogP contribution in [-0.2, 0) is 0 Å². The van der Waals surface area contributed by atoms with E-state index in [-0.39, 0.29) is 0 Å². The van der Waals surface area contributed by atoms with Gasteiger partial charge in [0, 0.05) is 23.5 Å². The Morgan fingerprint density at radius 2 is 0.977 bits per heavy atom. The first-order chi connectivity index (χ1) is 21.3. The second-order valence-electron chi connectivity index (χ2n) is 11.0. The number of hydrogen-bond acceptors (Lipinski definition) is 2. The topological polar surface area (TPSA) is 25.8 Å². The van der Waals surface area contributed by atoms with Gasteiger partial charge in [-0.05, 0) is 91.3 Å². The van der Waals surface area contributed by atoms with Gasteiger partial charge in [0.2, 0.25) is 0 Å². The lowest BCUT2D eigenvalue weighted by Gasteiger charge is -2.20. The molecule has 2 heterocycles. The fraction of sp³-hybridized carbons (Fsp3) is 0.0244. The highest BCUT2D eigenvalue weighted by atomic mass is 14.7. The standard InChI is InChI=1S/C41H28N2/c1-27-21-22-36(31-18-9-17-30(39(27)31)28-11-3-2-4-12-28)40-32-13-5-7-15-34(32)41(35-16-8-6-14-33(35)40)38-20-10-19-37(43-38)29-23-25-42-26-24-29/h2-26H,1H3. The van der Waals surface area contributed by atoms with Crippen LogP contribution in [0.15, 0.2) is 152 Å². The Kier molecular flexibility index (Phi) is 6.05. The van der Waals surface area contributed by atoms with Gasteiger partial charge in [-0.15, -0.1) is 0 Å². The molecule has 2 nitrogen and oxygen atoms in total. The van der Waals surface area contributed by atoms with Crippen molar-refractivity contribution < 1.29 is 0 Å². The third-order valence-electron chi connectivity index (χ3n) is 8.52. The number of benzene rings is 6. The zero-order valence-corrected chi connectivity index (χ0v) is 23.8. The summed E-state index contributed by atoms with van der Waals surface area (Å²) >= 11 is 0. The van der Waals surface area contributed by atoms with Crippen LogP contribution in [0.2, 0.25) is 0 Å². The highest BCUT2D eigenvalue weighted by Crippen LogP contribution is 2.46. The molecule has 0 aliphatic carbocycles. The summed E-state index contributed by atoms with van der Waals surface area (Å²) in [7, 11) is 0. The van der Waals surface area contributed by atoms with E-state index in [1.165, 1.54) is 60.1 Å². The van der Waals surface area contributed by atoms with E-state index in [4.69, 9.17) is 4.98 Å². The maximum absolute atomic E-state index is 5.19. The average Bonchev–Trinajstić information content (AvgIpc) is 3.08. The van der Waals surface area contributed by atoms with Crippen LogP contribution in [0.3, 0.4) is 0 Å². The number of pyridine rings is 2. The van der Waals surface area contributed by atoms with Gasteiger partial charge in [0.15, 0.2) is 0 Å². The van der Waals surface area contributed by atoms with Crippen LogP contribution in [0, 0.1) is 6.92 Å². The molecule has 0 fully saturated rings. The van der Waals surface area contributed by atoms with Gasteiger partial charge in [0.05, 0.1) is 11.4 Å². The van der Waals surface area contributed by atoms with E-state index in [1.807, 2.05) is 24.5 Å². The summed E-state index contributed by atoms with van der Waals surface area (Å²) in [6.07, 6.45) is 3.64. The van der Waals surface area contributed by atoms with Crippen molar-refractivity contribution in [3.8, 4) is 44.8 Å². The molecular formula is C41H28N2. The predicted octanol–water partition coefficient (Wildman–Crippen LogP) is 10.9. The predicted molar refractivity (Wildman–Crippen MR) is 181 cm³/mol. The van der Waals surface area contributed by atoms with Crippen molar-refractivity contribution in [2.45, 2.75) is 6.92 Å². The van der Waals surface area contributed by atoms with Crippen LogP contribution >= 0.6 is 0 Å². The van der Waals surface area contributed by atoms with Crippen molar-refractivity contribution in [3.63, 3.8) is 0 Å². The van der Waals surface area contributed by atoms with Crippen LogP contribution in [-0.4, -0.2) is 9.97 Å². The molecule has 0 unspecified atom stereocenters. The molecule has 0 amide bonds. The molecule has 202 valence electrons. The van der Waals surface area contributed by atoms with Gasteiger partial charge >= 0.3 is 0 Å². The lowest BCUT2D eigenvalue weighted by atomic mass is 9.84. The number of fused-ring (bicyclic) bond motifs is 3. The zero-order valence-electron chi connectivity index (χ0n) is 23.8. The molecule has 8 rings (SSSR count). The normalized spacial score (nSPS) is 11.4. The molecule has 0 aliphatic rings. The van der Waals surface area contributed by atoms with Crippen LogP contribution in [0.5, 0.6) is 0 Å². The molecule has 2 heteroatoms. The Morgan fingerprint density at radius 1 is 0.395 bits per heavy atom. The Balaban J connectivity index is 1.45. The second-order valence-corrected chi connectivity index (χ2v) is 11.0. The minimum atomic E-state index is 0.940. The summed E-state index contributed by atoms with van der Waals surface area (Å²) in [5.41, 5.74) is 10.4. The Hall–Kier alpha value is -5.60. The summed E-state index contributed by atoms with van der Waals surface area (Å²) in [5.74, 6) is 0. The molecule has 0 spiro atoms. The lowest BCUT2D eigenvalue weighted by molar-refractivity contribution is 1.29. The van der Waals surface area contributed by atoms with Crippen molar-refractivity contribution in [2.24, 2.45) is 0 Å². The molecule has 0 saturated carbocycles. The summed E-state index contributed by atoms with van der Waals surface area (Å²) in [6, 6.07) is 49.9. The molecule has 0 N–H and O–H groups in total. The summed E-state index contributed by atoms with van der Waals surface area (Å²) in [4.78, 5) is 9.39. The third-order valence-corrected chi connectivity index (χ3v) is 8.52. The monoisotopic (exact) mass is 548 g/mol. The summed E-state index contributed by atoms with van der Waals surface area (Å²) < 4.78 is 0. The van der Waals surface area contributed by atoms with Crippen molar-refractivity contribution in [1.29, 1.82) is 0 Å². The van der Waals surface area contributed by atoms with E-state index < -0.39 is 0 Å². The Morgan fingerprint density at radius 3 is 1.67 bits per heavy atom. The van der Waals surface area contributed by atoms with Crippen molar-refractivity contribution in [3.05, 3.63) is 157 Å². The molecule has 0 radical (unpaired) electrons. The molecule has 8 aromatic rings. The average molecular weight is 549 g/mol. The fourth-order valence-electron chi connectivity index (χ4n) is 6.61. The summed E-state index contributed by atoms with van der Waals surface area (Å²) in [6.45, 7) is 2.22. The largest absolute Gasteiger partial charge is 0.265 e. The van der Waals surface area contributed by atoms with E-state index in [0.29, 0.717) is 0 Å². The maximum atomic E-state index is 5.19. The van der Waals surface area contributed by atoms with Gasteiger partial charge in [-0.3, -0.25) is 4.98 Å². The molecule has 0 atom stereocenters. The molecule has 0 bridgehead atoms. The van der Waals surface area contributed by atoms with Crippen molar-refractivity contribution in [1.82, 2.24) is 9.97 Å². The van der Waals surface area contributed by atoms with Crippen LogP contribution < -0.4 is 0 Å². The Bertz CT molecular complexity index is 2230. The number of rotatable bonds is 4. The van der Waals surface area contributed by atoms with E-state index in [0.717, 1.165) is 22.5 Å². The van der Waals surface area contributed by atoms with Gasteiger partial charge in [0.25, 0.3) is 0 Å². The molecule has 0 aliphatic heterocycles.